The Kier molecular flexibility index (Phi) is 5.57. The van der Waals surface area contributed by atoms with Crippen LogP contribution in [0.4, 0.5) is 8.78 Å². The number of benzene rings is 1. The van der Waals surface area contributed by atoms with Gasteiger partial charge in [0.2, 0.25) is 0 Å². The lowest BCUT2D eigenvalue weighted by Crippen LogP contribution is -2.33. The number of para-hydroxylation sites is 1. The number of aliphatic imine (C=N–C) groups is 1. The van der Waals surface area contributed by atoms with E-state index in [0.29, 0.717) is 15.6 Å². The monoisotopic (exact) mass is 368 g/mol. The molecule has 0 spiro atoms. The van der Waals surface area contributed by atoms with Crippen LogP contribution in [0, 0.1) is 0 Å². The lowest BCUT2D eigenvalue weighted by atomic mass is 10.1. The number of rotatable bonds is 4. The fourth-order valence-corrected chi connectivity index (χ4v) is 3.74. The third kappa shape index (κ3) is 4.12. The Hall–Kier alpha value is -2.09. The van der Waals surface area contributed by atoms with Crippen LogP contribution in [-0.2, 0) is 4.79 Å². The van der Waals surface area contributed by atoms with Gasteiger partial charge >= 0.3 is 6.61 Å². The van der Waals surface area contributed by atoms with Gasteiger partial charge in [0.15, 0.2) is 16.7 Å². The van der Waals surface area contributed by atoms with Crippen molar-refractivity contribution in [2.45, 2.75) is 25.9 Å². The van der Waals surface area contributed by atoms with E-state index in [9.17, 15) is 13.6 Å². The van der Waals surface area contributed by atoms with Gasteiger partial charge in [-0.2, -0.15) is 13.8 Å². The number of methoxy groups -OCH3 is 1. The van der Waals surface area contributed by atoms with Crippen LogP contribution in [-0.4, -0.2) is 42.8 Å². The number of hydrogen-bond donors (Lipinski definition) is 0. The third-order valence-electron chi connectivity index (χ3n) is 3.96. The van der Waals surface area contributed by atoms with Crippen LogP contribution in [0.1, 0.15) is 24.8 Å². The molecule has 0 unspecified atom stereocenters. The number of carbonyl (C=O) groups excluding carboxylic acids is 1. The zero-order valence-corrected chi connectivity index (χ0v) is 14.5. The maximum absolute atomic E-state index is 12.7. The van der Waals surface area contributed by atoms with Crippen LogP contribution < -0.4 is 9.47 Å². The Morgan fingerprint density at radius 2 is 2.04 bits per heavy atom. The number of alkyl halides is 2. The van der Waals surface area contributed by atoms with Crippen molar-refractivity contribution in [3.8, 4) is 11.5 Å². The fraction of sp³-hybridized carbons (Fsp3) is 0.412. The summed E-state index contributed by atoms with van der Waals surface area (Å²) in [6, 6.07) is 4.78. The molecule has 0 bridgehead atoms. The molecule has 2 aliphatic heterocycles. The Balaban J connectivity index is 1.85. The zero-order valence-electron chi connectivity index (χ0n) is 13.7. The van der Waals surface area contributed by atoms with Crippen molar-refractivity contribution in [2.24, 2.45) is 4.99 Å². The number of likely N-dealkylation sites (tertiary alicyclic amines) is 1. The molecule has 0 radical (unpaired) electrons. The van der Waals surface area contributed by atoms with E-state index in [0.717, 1.165) is 25.9 Å². The molecule has 1 saturated heterocycles. The minimum Gasteiger partial charge on any atom is -0.493 e. The Bertz CT molecular complexity index is 716. The van der Waals surface area contributed by atoms with E-state index in [-0.39, 0.29) is 17.4 Å². The van der Waals surface area contributed by atoms with Gasteiger partial charge in [-0.05, 0) is 43.2 Å². The van der Waals surface area contributed by atoms with Crippen molar-refractivity contribution < 1.29 is 23.0 Å². The van der Waals surface area contributed by atoms with Crippen LogP contribution in [0.3, 0.4) is 0 Å². The van der Waals surface area contributed by atoms with E-state index in [4.69, 9.17) is 4.74 Å². The molecule has 0 saturated carbocycles. The van der Waals surface area contributed by atoms with Gasteiger partial charge < -0.3 is 14.4 Å². The molecule has 1 fully saturated rings. The van der Waals surface area contributed by atoms with Gasteiger partial charge in [-0.25, -0.2) is 0 Å². The average Bonchev–Trinajstić information content (AvgIpc) is 2.97. The molecule has 1 aromatic rings. The van der Waals surface area contributed by atoms with Crippen molar-refractivity contribution in [1.29, 1.82) is 0 Å². The highest BCUT2D eigenvalue weighted by atomic mass is 32.2. The van der Waals surface area contributed by atoms with Crippen molar-refractivity contribution in [3.05, 3.63) is 28.7 Å². The summed E-state index contributed by atoms with van der Waals surface area (Å²) in [5.74, 6) is -0.272. The first-order valence-corrected chi connectivity index (χ1v) is 8.79. The first-order valence-electron chi connectivity index (χ1n) is 7.98. The predicted molar refractivity (Wildman–Crippen MR) is 93.1 cm³/mol. The lowest BCUT2D eigenvalue weighted by Gasteiger charge is -2.27. The van der Waals surface area contributed by atoms with E-state index >= 15 is 0 Å². The summed E-state index contributed by atoms with van der Waals surface area (Å²) in [4.78, 5) is 18.8. The van der Waals surface area contributed by atoms with Gasteiger partial charge in [0, 0.05) is 18.7 Å². The first kappa shape index (κ1) is 17.7. The zero-order chi connectivity index (χ0) is 17.8. The lowest BCUT2D eigenvalue weighted by molar-refractivity contribution is -0.113. The molecule has 5 nitrogen and oxygen atoms in total. The van der Waals surface area contributed by atoms with Crippen LogP contribution >= 0.6 is 11.8 Å². The highest BCUT2D eigenvalue weighted by Gasteiger charge is 2.27. The third-order valence-corrected chi connectivity index (χ3v) is 5.00. The van der Waals surface area contributed by atoms with Crippen LogP contribution in [0.5, 0.6) is 11.5 Å². The second-order valence-electron chi connectivity index (χ2n) is 5.62. The summed E-state index contributed by atoms with van der Waals surface area (Å²) in [6.07, 6.45) is 4.86. The van der Waals surface area contributed by atoms with Crippen molar-refractivity contribution in [3.63, 3.8) is 0 Å². The SMILES string of the molecule is COc1cccc(C=C2SC(N3CCCCC3)=NC2=O)c1OC(F)F. The minimum absolute atomic E-state index is 0.0904. The van der Waals surface area contributed by atoms with Crippen molar-refractivity contribution in [1.82, 2.24) is 4.90 Å². The Labute approximate surface area is 148 Å². The molecule has 134 valence electrons. The second kappa shape index (κ2) is 7.86. The highest BCUT2D eigenvalue weighted by molar-refractivity contribution is 8.18. The molecule has 2 heterocycles. The molecular weight excluding hydrogens is 350 g/mol. The number of amides is 1. The summed E-state index contributed by atoms with van der Waals surface area (Å²) < 4.78 is 35.1. The number of nitrogens with zero attached hydrogens (tertiary/aromatic N) is 2. The van der Waals surface area contributed by atoms with Crippen LogP contribution in [0.15, 0.2) is 28.1 Å². The van der Waals surface area contributed by atoms with Crippen molar-refractivity contribution >= 4 is 28.9 Å². The summed E-state index contributed by atoms with van der Waals surface area (Å²) in [5.41, 5.74) is 0.352. The molecule has 2 aliphatic rings. The molecule has 8 heteroatoms. The van der Waals surface area contributed by atoms with Crippen LogP contribution in [0.2, 0.25) is 0 Å². The maximum atomic E-state index is 12.7. The maximum Gasteiger partial charge on any atom is 0.387 e. The van der Waals surface area contributed by atoms with Gasteiger partial charge in [-0.15, -0.1) is 0 Å². The summed E-state index contributed by atoms with van der Waals surface area (Å²) in [5, 5.41) is 0.676. The van der Waals surface area contributed by atoms with E-state index in [1.165, 1.54) is 37.4 Å². The standard InChI is InChI=1S/C17H18F2N2O3S/c1-23-12-7-5-6-11(14(12)24-16(18)19)10-13-15(22)20-17(25-13)21-8-3-2-4-9-21/h5-7,10,16H,2-4,8-9H2,1H3. The van der Waals surface area contributed by atoms with E-state index < -0.39 is 6.61 Å². The molecule has 3 rings (SSSR count). The first-order chi connectivity index (χ1) is 12.1. The number of hydrogen-bond acceptors (Lipinski definition) is 5. The molecule has 1 aromatic carbocycles. The largest absolute Gasteiger partial charge is 0.493 e. The number of amidine groups is 1. The summed E-state index contributed by atoms with van der Waals surface area (Å²) >= 11 is 1.26. The smallest absolute Gasteiger partial charge is 0.387 e. The summed E-state index contributed by atoms with van der Waals surface area (Å²) in [6.45, 7) is -1.23. The van der Waals surface area contributed by atoms with Gasteiger partial charge in [0.25, 0.3) is 5.91 Å². The van der Waals surface area contributed by atoms with Gasteiger partial charge in [-0.3, -0.25) is 4.79 Å². The number of ether oxygens (including phenoxy) is 2. The quantitative estimate of drug-likeness (QED) is 0.758. The number of thioether (sulfide) groups is 1. The molecule has 0 aliphatic carbocycles. The molecule has 1 amide bonds. The molecule has 0 aromatic heterocycles. The molecule has 25 heavy (non-hydrogen) atoms. The number of piperidine rings is 1. The van der Waals surface area contributed by atoms with Crippen molar-refractivity contribution in [2.75, 3.05) is 20.2 Å². The summed E-state index contributed by atoms with van der Waals surface area (Å²) in [7, 11) is 1.37. The van der Waals surface area contributed by atoms with Gasteiger partial charge in [0.05, 0.1) is 12.0 Å². The van der Waals surface area contributed by atoms with E-state index in [2.05, 4.69) is 14.6 Å². The van der Waals surface area contributed by atoms with Crippen LogP contribution in [0.25, 0.3) is 6.08 Å². The van der Waals surface area contributed by atoms with E-state index in [1.54, 1.807) is 12.1 Å². The average molecular weight is 368 g/mol. The second-order valence-corrected chi connectivity index (χ2v) is 6.62. The molecule has 0 N–H and O–H groups in total. The molecular formula is C17H18F2N2O3S. The normalized spacial score (nSPS) is 19.5. The predicted octanol–water partition coefficient (Wildman–Crippen LogP) is 3.75. The fourth-order valence-electron chi connectivity index (χ4n) is 2.78. The number of carbonyl (C=O) groups is 1. The van der Waals surface area contributed by atoms with Gasteiger partial charge in [-0.1, -0.05) is 12.1 Å². The minimum atomic E-state index is -2.99. The molecule has 0 atom stereocenters. The van der Waals surface area contributed by atoms with E-state index in [1.807, 2.05) is 0 Å². The Morgan fingerprint density at radius 3 is 2.72 bits per heavy atom. The number of halogens is 2. The topological polar surface area (TPSA) is 51.1 Å². The highest BCUT2D eigenvalue weighted by Crippen LogP contribution is 2.37. The van der Waals surface area contributed by atoms with Gasteiger partial charge in [0.1, 0.15) is 0 Å². The Morgan fingerprint density at radius 1 is 1.28 bits per heavy atom.